The van der Waals surface area contributed by atoms with Crippen LogP contribution in [-0.2, 0) is 19.7 Å². The highest BCUT2D eigenvalue weighted by atomic mass is 32.2. The van der Waals surface area contributed by atoms with Crippen LogP contribution >= 0.6 is 0 Å². The molecular weight excluding hydrogens is 200 g/mol. The Morgan fingerprint density at radius 1 is 1.14 bits per heavy atom. The van der Waals surface area contributed by atoms with Crippen molar-refractivity contribution >= 4 is 11.4 Å². The van der Waals surface area contributed by atoms with E-state index in [0.717, 1.165) is 12.8 Å². The summed E-state index contributed by atoms with van der Waals surface area (Å²) in [5.41, 5.74) is 0. The molecule has 0 rings (SSSR count). The molecule has 0 fully saturated rings. The maximum Gasteiger partial charge on any atom is 0.305 e. The van der Waals surface area contributed by atoms with Gasteiger partial charge >= 0.3 is 11.4 Å². The van der Waals surface area contributed by atoms with Crippen molar-refractivity contribution in [1.29, 1.82) is 0 Å². The summed E-state index contributed by atoms with van der Waals surface area (Å²) in [6.45, 7) is 11.0. The van der Waals surface area contributed by atoms with Gasteiger partial charge in [0.25, 0.3) is 0 Å². The number of hydrogen-bond donors (Lipinski definition) is 0. The van der Waals surface area contributed by atoms with Gasteiger partial charge in [-0.05, 0) is 12.8 Å². The summed E-state index contributed by atoms with van der Waals surface area (Å²) >= 11 is -1.72. The van der Waals surface area contributed by atoms with Crippen LogP contribution in [0.15, 0.2) is 25.3 Å². The largest absolute Gasteiger partial charge is 0.305 e. The number of rotatable bonds is 8. The van der Waals surface area contributed by atoms with Crippen molar-refractivity contribution in [2.75, 3.05) is 0 Å². The maximum atomic E-state index is 11.3. The predicted octanol–water partition coefficient (Wildman–Crippen LogP) is 2.53. The molecule has 0 aromatic carbocycles. The molecule has 0 aliphatic rings. The first-order chi connectivity index (χ1) is 6.67. The van der Waals surface area contributed by atoms with Gasteiger partial charge in [0.15, 0.2) is 0 Å². The van der Waals surface area contributed by atoms with Crippen molar-refractivity contribution in [3.63, 3.8) is 0 Å². The van der Waals surface area contributed by atoms with E-state index >= 15 is 0 Å². The third-order valence-corrected chi connectivity index (χ3v) is 2.54. The van der Waals surface area contributed by atoms with Crippen LogP contribution in [0, 0.1) is 0 Å². The lowest BCUT2D eigenvalue weighted by atomic mass is 10.3. The molecule has 0 aliphatic heterocycles. The molecule has 3 nitrogen and oxygen atoms in total. The van der Waals surface area contributed by atoms with Gasteiger partial charge in [0.2, 0.25) is 0 Å². The summed E-state index contributed by atoms with van der Waals surface area (Å²) < 4.78 is 21.4. The Labute approximate surface area is 88.7 Å². The Hall–Kier alpha value is -0.450. The zero-order chi connectivity index (χ0) is 11.0. The lowest BCUT2D eigenvalue weighted by molar-refractivity contribution is 0.184. The third-order valence-electron chi connectivity index (χ3n) is 1.73. The average molecular weight is 218 g/mol. The van der Waals surface area contributed by atoms with Gasteiger partial charge in [-0.15, -0.1) is 13.2 Å². The van der Waals surface area contributed by atoms with Gasteiger partial charge in [0.1, 0.15) is 0 Å². The Morgan fingerprint density at radius 2 is 1.50 bits per heavy atom. The van der Waals surface area contributed by atoms with E-state index < -0.39 is 11.4 Å². The average Bonchev–Trinajstić information content (AvgIpc) is 2.22. The Balaban J connectivity index is 3.95. The predicted molar refractivity (Wildman–Crippen MR) is 58.9 cm³/mol. The zero-order valence-electron chi connectivity index (χ0n) is 8.77. The van der Waals surface area contributed by atoms with Crippen LogP contribution in [-0.4, -0.2) is 16.4 Å². The Morgan fingerprint density at radius 3 is 1.71 bits per heavy atom. The first-order valence-corrected chi connectivity index (χ1v) is 5.69. The molecule has 0 aromatic heterocycles. The summed E-state index contributed by atoms with van der Waals surface area (Å²) in [4.78, 5) is 0. The van der Waals surface area contributed by atoms with Crippen LogP contribution in [0.2, 0.25) is 0 Å². The summed E-state index contributed by atoms with van der Waals surface area (Å²) in [7, 11) is 0. The van der Waals surface area contributed by atoms with E-state index in [1.54, 1.807) is 12.2 Å². The van der Waals surface area contributed by atoms with Crippen LogP contribution in [0.1, 0.15) is 26.7 Å². The van der Waals surface area contributed by atoms with E-state index in [1.165, 1.54) is 0 Å². The van der Waals surface area contributed by atoms with E-state index in [9.17, 15) is 4.21 Å². The van der Waals surface area contributed by atoms with Crippen LogP contribution < -0.4 is 0 Å². The highest BCUT2D eigenvalue weighted by molar-refractivity contribution is 7.75. The van der Waals surface area contributed by atoms with Crippen molar-refractivity contribution in [2.45, 2.75) is 38.9 Å². The van der Waals surface area contributed by atoms with Crippen molar-refractivity contribution in [2.24, 2.45) is 0 Å². The van der Waals surface area contributed by atoms with Crippen LogP contribution in [0.5, 0.6) is 0 Å². The smallest absolute Gasteiger partial charge is 0.261 e. The van der Waals surface area contributed by atoms with Gasteiger partial charge < -0.3 is 0 Å². The van der Waals surface area contributed by atoms with Crippen molar-refractivity contribution < 1.29 is 12.6 Å². The SMILES string of the molecule is C=CC(CC)OS(=O)OC(C=C)CC. The third kappa shape index (κ3) is 5.32. The Kier molecular flexibility index (Phi) is 7.65. The molecular formula is C10H18O3S. The Bertz CT molecular complexity index is 184. The van der Waals surface area contributed by atoms with Crippen molar-refractivity contribution in [3.8, 4) is 0 Å². The van der Waals surface area contributed by atoms with Crippen molar-refractivity contribution in [3.05, 3.63) is 25.3 Å². The monoisotopic (exact) mass is 218 g/mol. The molecule has 0 amide bonds. The van der Waals surface area contributed by atoms with E-state index in [0.29, 0.717) is 0 Å². The molecule has 0 bridgehead atoms. The van der Waals surface area contributed by atoms with Crippen molar-refractivity contribution in [1.82, 2.24) is 0 Å². The van der Waals surface area contributed by atoms with E-state index in [-0.39, 0.29) is 12.2 Å². The van der Waals surface area contributed by atoms with Gasteiger partial charge in [0.05, 0.1) is 12.2 Å². The minimum atomic E-state index is -1.72. The maximum absolute atomic E-state index is 11.3. The summed E-state index contributed by atoms with van der Waals surface area (Å²) in [6.07, 6.45) is 4.22. The van der Waals surface area contributed by atoms with E-state index in [4.69, 9.17) is 8.37 Å². The minimum Gasteiger partial charge on any atom is -0.261 e. The molecule has 0 heterocycles. The zero-order valence-corrected chi connectivity index (χ0v) is 9.59. The van der Waals surface area contributed by atoms with Gasteiger partial charge in [-0.1, -0.05) is 26.0 Å². The molecule has 0 aromatic rings. The van der Waals surface area contributed by atoms with Crippen LogP contribution in [0.3, 0.4) is 0 Å². The lowest BCUT2D eigenvalue weighted by Gasteiger charge is -2.13. The molecule has 0 aliphatic carbocycles. The van der Waals surface area contributed by atoms with E-state index in [2.05, 4.69) is 13.2 Å². The molecule has 2 atom stereocenters. The molecule has 14 heavy (non-hydrogen) atoms. The van der Waals surface area contributed by atoms with Gasteiger partial charge in [-0.25, -0.2) is 0 Å². The normalized spacial score (nSPS) is 17.0. The highest BCUT2D eigenvalue weighted by Gasteiger charge is 2.12. The summed E-state index contributed by atoms with van der Waals surface area (Å²) in [5.74, 6) is 0. The summed E-state index contributed by atoms with van der Waals surface area (Å²) in [6, 6.07) is 0. The van der Waals surface area contributed by atoms with Crippen LogP contribution in [0.4, 0.5) is 0 Å². The first-order valence-electron chi connectivity index (χ1n) is 4.69. The second-order valence-corrected chi connectivity index (χ2v) is 3.55. The molecule has 0 radical (unpaired) electrons. The molecule has 82 valence electrons. The molecule has 0 saturated carbocycles. The van der Waals surface area contributed by atoms with Gasteiger partial charge in [-0.2, -0.15) is 4.21 Å². The second-order valence-electron chi connectivity index (χ2n) is 2.76. The topological polar surface area (TPSA) is 35.5 Å². The lowest BCUT2D eigenvalue weighted by Crippen LogP contribution is -2.17. The van der Waals surface area contributed by atoms with Gasteiger partial charge in [-0.3, -0.25) is 8.37 Å². The molecule has 4 heteroatoms. The highest BCUT2D eigenvalue weighted by Crippen LogP contribution is 2.07. The fourth-order valence-electron chi connectivity index (χ4n) is 0.772. The fourth-order valence-corrected chi connectivity index (χ4v) is 1.65. The number of hydrogen-bond acceptors (Lipinski definition) is 3. The summed E-state index contributed by atoms with van der Waals surface area (Å²) in [5, 5.41) is 0. The quantitative estimate of drug-likeness (QED) is 0.587. The standard InChI is InChI=1S/C10H18O3S/c1-5-9(6-2)12-14(11)13-10(7-3)8-4/h5,7,9-10H,1,3,6,8H2,2,4H3. The molecule has 0 spiro atoms. The van der Waals surface area contributed by atoms with Gasteiger partial charge in [0, 0.05) is 0 Å². The fraction of sp³-hybridized carbons (Fsp3) is 0.600. The molecule has 0 N–H and O–H groups in total. The molecule has 0 saturated heterocycles. The first kappa shape index (κ1) is 13.5. The minimum absolute atomic E-state index is 0.224. The van der Waals surface area contributed by atoms with E-state index in [1.807, 2.05) is 13.8 Å². The second kappa shape index (κ2) is 7.91. The van der Waals surface area contributed by atoms with Crippen LogP contribution in [0.25, 0.3) is 0 Å². The molecule has 2 unspecified atom stereocenters.